The van der Waals surface area contributed by atoms with Crippen LogP contribution in [0, 0.1) is 0 Å². The molecular formula is C14H18Cl2N2O4S. The average Bonchev–Trinajstić information content (AvgIpc) is 2.50. The van der Waals surface area contributed by atoms with Crippen molar-refractivity contribution in [2.24, 2.45) is 0 Å². The molecule has 1 aromatic carbocycles. The second-order valence-corrected chi connectivity index (χ2v) is 7.78. The van der Waals surface area contributed by atoms with Gasteiger partial charge in [-0.05, 0) is 13.0 Å². The lowest BCUT2D eigenvalue weighted by atomic mass is 10.3. The van der Waals surface area contributed by atoms with Gasteiger partial charge in [0.2, 0.25) is 15.9 Å². The first-order valence-corrected chi connectivity index (χ1v) is 9.34. The van der Waals surface area contributed by atoms with Gasteiger partial charge in [0.1, 0.15) is 10.6 Å². The molecule has 1 aromatic rings. The smallest absolute Gasteiger partial charge is 0.244 e. The Morgan fingerprint density at radius 2 is 1.78 bits per heavy atom. The zero-order valence-corrected chi connectivity index (χ0v) is 15.2. The van der Waals surface area contributed by atoms with Crippen molar-refractivity contribution in [3.63, 3.8) is 0 Å². The standard InChI is InChI=1S/C14H18Cl2N2O4S/c1-3-22-13-8-12(16)14(9-11(13)15)23(20,21)18-6-4-17(5-7-18)10(2)19/h8-9H,3-7H2,1-2H3. The number of benzene rings is 1. The number of rotatable bonds is 4. The molecule has 0 atom stereocenters. The van der Waals surface area contributed by atoms with E-state index >= 15 is 0 Å². The first-order chi connectivity index (χ1) is 10.8. The van der Waals surface area contributed by atoms with E-state index in [1.54, 1.807) is 11.8 Å². The van der Waals surface area contributed by atoms with E-state index < -0.39 is 10.0 Å². The lowest BCUT2D eigenvalue weighted by Crippen LogP contribution is -2.49. The summed E-state index contributed by atoms with van der Waals surface area (Å²) in [5.41, 5.74) is 0. The van der Waals surface area contributed by atoms with Gasteiger partial charge in [-0.15, -0.1) is 0 Å². The summed E-state index contributed by atoms with van der Waals surface area (Å²) in [6.07, 6.45) is 0. The minimum Gasteiger partial charge on any atom is -0.492 e. The number of nitrogens with zero attached hydrogens (tertiary/aromatic N) is 2. The summed E-state index contributed by atoms with van der Waals surface area (Å²) in [7, 11) is -3.77. The fraction of sp³-hybridized carbons (Fsp3) is 0.500. The summed E-state index contributed by atoms with van der Waals surface area (Å²) in [6, 6.07) is 2.72. The molecule has 0 aromatic heterocycles. The largest absolute Gasteiger partial charge is 0.492 e. The third-order valence-corrected chi connectivity index (χ3v) is 6.25. The summed E-state index contributed by atoms with van der Waals surface area (Å²) < 4.78 is 32.1. The van der Waals surface area contributed by atoms with E-state index in [2.05, 4.69) is 0 Å². The van der Waals surface area contributed by atoms with Crippen molar-refractivity contribution in [1.29, 1.82) is 0 Å². The predicted molar refractivity (Wildman–Crippen MR) is 88.6 cm³/mol. The maximum absolute atomic E-state index is 12.7. The van der Waals surface area contributed by atoms with Gasteiger partial charge >= 0.3 is 0 Å². The van der Waals surface area contributed by atoms with Crippen LogP contribution in [-0.4, -0.2) is 56.3 Å². The zero-order valence-electron chi connectivity index (χ0n) is 12.9. The molecule has 1 fully saturated rings. The molecule has 1 heterocycles. The molecule has 0 radical (unpaired) electrons. The van der Waals surface area contributed by atoms with E-state index in [1.807, 2.05) is 0 Å². The Balaban J connectivity index is 2.27. The van der Waals surface area contributed by atoms with Crippen molar-refractivity contribution in [3.05, 3.63) is 22.2 Å². The maximum atomic E-state index is 12.7. The number of carbonyl (C=O) groups is 1. The van der Waals surface area contributed by atoms with Crippen LogP contribution in [0.1, 0.15) is 13.8 Å². The molecular weight excluding hydrogens is 363 g/mol. The predicted octanol–water partition coefficient (Wildman–Crippen LogP) is 2.24. The molecule has 1 saturated heterocycles. The molecule has 0 N–H and O–H groups in total. The van der Waals surface area contributed by atoms with Crippen molar-refractivity contribution in [2.45, 2.75) is 18.7 Å². The first-order valence-electron chi connectivity index (χ1n) is 7.15. The number of amides is 1. The number of ether oxygens (including phenoxy) is 1. The molecule has 1 amide bonds. The molecule has 0 aliphatic carbocycles. The number of carbonyl (C=O) groups excluding carboxylic acids is 1. The van der Waals surface area contributed by atoms with Crippen LogP contribution in [0.2, 0.25) is 10.0 Å². The summed E-state index contributed by atoms with van der Waals surface area (Å²) in [5, 5.41) is 0.254. The number of halogens is 2. The number of sulfonamides is 1. The van der Waals surface area contributed by atoms with Crippen molar-refractivity contribution in [2.75, 3.05) is 32.8 Å². The zero-order chi connectivity index (χ0) is 17.2. The van der Waals surface area contributed by atoms with Gasteiger partial charge in [-0.25, -0.2) is 8.42 Å². The lowest BCUT2D eigenvalue weighted by Gasteiger charge is -2.33. The first kappa shape index (κ1) is 18.3. The van der Waals surface area contributed by atoms with Gasteiger partial charge in [0.15, 0.2) is 0 Å². The number of hydrogen-bond donors (Lipinski definition) is 0. The van der Waals surface area contributed by atoms with Crippen LogP contribution in [0.5, 0.6) is 5.75 Å². The topological polar surface area (TPSA) is 66.9 Å². The van der Waals surface area contributed by atoms with Gasteiger partial charge in [0.25, 0.3) is 0 Å². The summed E-state index contributed by atoms with van der Waals surface area (Å²) in [5.74, 6) is 0.281. The highest BCUT2D eigenvalue weighted by molar-refractivity contribution is 7.89. The van der Waals surface area contributed by atoms with Crippen LogP contribution >= 0.6 is 23.2 Å². The van der Waals surface area contributed by atoms with Crippen molar-refractivity contribution in [3.8, 4) is 5.75 Å². The highest BCUT2D eigenvalue weighted by atomic mass is 35.5. The van der Waals surface area contributed by atoms with Gasteiger partial charge in [-0.3, -0.25) is 4.79 Å². The van der Waals surface area contributed by atoms with Crippen LogP contribution in [-0.2, 0) is 14.8 Å². The molecule has 128 valence electrons. The molecule has 6 nitrogen and oxygen atoms in total. The second kappa shape index (κ2) is 7.25. The molecule has 2 rings (SSSR count). The normalized spacial score (nSPS) is 16.4. The van der Waals surface area contributed by atoms with Crippen LogP contribution in [0.25, 0.3) is 0 Å². The minimum atomic E-state index is -3.77. The number of hydrogen-bond acceptors (Lipinski definition) is 4. The molecule has 0 bridgehead atoms. The highest BCUT2D eigenvalue weighted by Gasteiger charge is 2.31. The Bertz CT molecular complexity index is 701. The molecule has 0 unspecified atom stereocenters. The summed E-state index contributed by atoms with van der Waals surface area (Å²) in [6.45, 7) is 4.83. The Morgan fingerprint density at radius 3 is 2.30 bits per heavy atom. The van der Waals surface area contributed by atoms with E-state index in [4.69, 9.17) is 27.9 Å². The van der Waals surface area contributed by atoms with E-state index in [1.165, 1.54) is 23.4 Å². The summed E-state index contributed by atoms with van der Waals surface area (Å²) >= 11 is 12.2. The van der Waals surface area contributed by atoms with Gasteiger partial charge < -0.3 is 9.64 Å². The van der Waals surface area contributed by atoms with Gasteiger partial charge in [-0.1, -0.05) is 23.2 Å². The van der Waals surface area contributed by atoms with E-state index in [0.29, 0.717) is 25.4 Å². The second-order valence-electron chi connectivity index (χ2n) is 5.06. The Morgan fingerprint density at radius 1 is 1.17 bits per heavy atom. The van der Waals surface area contributed by atoms with Crippen molar-refractivity contribution in [1.82, 2.24) is 9.21 Å². The van der Waals surface area contributed by atoms with E-state index in [9.17, 15) is 13.2 Å². The maximum Gasteiger partial charge on any atom is 0.244 e. The van der Waals surface area contributed by atoms with Crippen molar-refractivity contribution >= 4 is 39.1 Å². The minimum absolute atomic E-state index is 0.0519. The third-order valence-electron chi connectivity index (χ3n) is 3.59. The van der Waals surface area contributed by atoms with Crippen molar-refractivity contribution < 1.29 is 17.9 Å². The lowest BCUT2D eigenvalue weighted by molar-refractivity contribution is -0.129. The summed E-state index contributed by atoms with van der Waals surface area (Å²) in [4.78, 5) is 12.9. The van der Waals surface area contributed by atoms with Gasteiger partial charge in [0, 0.05) is 39.2 Å². The Labute approximate surface area is 146 Å². The molecule has 1 aliphatic rings. The molecule has 1 aliphatic heterocycles. The molecule has 9 heteroatoms. The fourth-order valence-electron chi connectivity index (χ4n) is 2.36. The fourth-order valence-corrected chi connectivity index (χ4v) is 4.58. The average molecular weight is 381 g/mol. The Kier molecular flexibility index (Phi) is 5.78. The van der Waals surface area contributed by atoms with E-state index in [0.717, 1.165) is 0 Å². The van der Waals surface area contributed by atoms with Gasteiger partial charge in [0.05, 0.1) is 16.7 Å². The SMILES string of the molecule is CCOc1cc(Cl)c(S(=O)(=O)N2CCN(C(C)=O)CC2)cc1Cl. The third kappa shape index (κ3) is 3.91. The highest BCUT2D eigenvalue weighted by Crippen LogP contribution is 2.35. The molecule has 0 saturated carbocycles. The molecule has 23 heavy (non-hydrogen) atoms. The monoisotopic (exact) mass is 380 g/mol. The molecule has 0 spiro atoms. The van der Waals surface area contributed by atoms with E-state index in [-0.39, 0.29) is 33.9 Å². The van der Waals surface area contributed by atoms with Crippen LogP contribution in [0.3, 0.4) is 0 Å². The van der Waals surface area contributed by atoms with Crippen LogP contribution < -0.4 is 4.74 Å². The number of piperazine rings is 1. The van der Waals surface area contributed by atoms with Crippen LogP contribution in [0.15, 0.2) is 17.0 Å². The van der Waals surface area contributed by atoms with Crippen LogP contribution in [0.4, 0.5) is 0 Å². The van der Waals surface area contributed by atoms with Gasteiger partial charge in [-0.2, -0.15) is 4.31 Å². The Hall–Kier alpha value is -1.02. The quantitative estimate of drug-likeness (QED) is 0.803.